The van der Waals surface area contributed by atoms with Crippen LogP contribution in [0, 0.1) is 5.41 Å². The molecule has 0 spiro atoms. The number of halogens is 1. The summed E-state index contributed by atoms with van der Waals surface area (Å²) >= 11 is 5.78. The highest BCUT2D eigenvalue weighted by molar-refractivity contribution is 6.30. The fraction of sp³-hybridized carbons (Fsp3) is 0.364. The summed E-state index contributed by atoms with van der Waals surface area (Å²) in [5.74, 6) is 0.481. The predicted octanol–water partition coefficient (Wildman–Crippen LogP) is 2.78. The van der Waals surface area contributed by atoms with Gasteiger partial charge >= 0.3 is 0 Å². The van der Waals surface area contributed by atoms with Gasteiger partial charge in [-0.05, 0) is 37.1 Å². The van der Waals surface area contributed by atoms with Crippen LogP contribution in [-0.4, -0.2) is 23.9 Å². The summed E-state index contributed by atoms with van der Waals surface area (Å²) in [6.07, 6.45) is 2.37. The van der Waals surface area contributed by atoms with Crippen LogP contribution in [-0.2, 0) is 0 Å². The molecule has 0 unspecified atom stereocenters. The van der Waals surface area contributed by atoms with E-state index in [1.165, 1.54) is 12.8 Å². The molecule has 15 heavy (non-hydrogen) atoms. The first-order chi connectivity index (χ1) is 7.25. The number of hydrogen-bond acceptors (Lipinski definition) is 1. The molecule has 1 aromatic carbocycles. The van der Waals surface area contributed by atoms with Gasteiger partial charge in [-0.3, -0.25) is 5.41 Å². The third-order valence-corrected chi connectivity index (χ3v) is 2.78. The Kier molecular flexibility index (Phi) is 3.11. The maximum atomic E-state index is 7.86. The van der Waals surface area contributed by atoms with Gasteiger partial charge in [-0.25, -0.2) is 0 Å². The number of benzene rings is 1. The summed E-state index contributed by atoms with van der Waals surface area (Å²) < 4.78 is 0. The van der Waals surface area contributed by atoms with Gasteiger partial charge in [0.25, 0.3) is 0 Å². The molecule has 1 fully saturated rings. The van der Waals surface area contributed by atoms with E-state index in [0.717, 1.165) is 18.8 Å². The Morgan fingerprint density at radius 1 is 1.20 bits per heavy atom. The van der Waals surface area contributed by atoms with E-state index in [0.29, 0.717) is 11.0 Å². The van der Waals surface area contributed by atoms with Crippen molar-refractivity contribution in [2.24, 2.45) is 0 Å². The monoisotopic (exact) mass is 223 g/mol. The Morgan fingerprint density at radius 2 is 1.80 bits per heavy atom. The summed E-state index contributed by atoms with van der Waals surface area (Å²) in [4.78, 5) is 2.05. The van der Waals surface area contributed by atoms with Crippen LogP contribution in [0.2, 0.25) is 5.02 Å². The Bertz CT molecular complexity index is 341. The Morgan fingerprint density at radius 3 is 2.40 bits per heavy atom. The van der Waals surface area contributed by atoms with Crippen molar-refractivity contribution in [3.8, 4) is 0 Å². The SMILES string of the molecule is N=C(Nc1ccc(Cl)cc1)N1CCCC1. The van der Waals surface area contributed by atoms with Crippen LogP contribution in [0.3, 0.4) is 0 Å². The minimum absolute atomic E-state index is 0.481. The molecule has 0 radical (unpaired) electrons. The van der Waals surface area contributed by atoms with E-state index >= 15 is 0 Å². The van der Waals surface area contributed by atoms with Gasteiger partial charge < -0.3 is 10.2 Å². The molecule has 0 saturated carbocycles. The van der Waals surface area contributed by atoms with Crippen molar-refractivity contribution < 1.29 is 0 Å². The molecule has 1 heterocycles. The lowest BCUT2D eigenvalue weighted by atomic mass is 10.3. The summed E-state index contributed by atoms with van der Waals surface area (Å²) in [5, 5.41) is 11.6. The molecule has 0 aromatic heterocycles. The minimum atomic E-state index is 0.481. The summed E-state index contributed by atoms with van der Waals surface area (Å²) in [5.41, 5.74) is 0.913. The molecule has 0 bridgehead atoms. The minimum Gasteiger partial charge on any atom is -0.343 e. The summed E-state index contributed by atoms with van der Waals surface area (Å²) in [6.45, 7) is 1.97. The average Bonchev–Trinajstić information content (AvgIpc) is 2.74. The van der Waals surface area contributed by atoms with Gasteiger partial charge in [-0.15, -0.1) is 0 Å². The van der Waals surface area contributed by atoms with Crippen molar-refractivity contribution >= 4 is 23.2 Å². The number of rotatable bonds is 1. The van der Waals surface area contributed by atoms with Gasteiger partial charge in [-0.1, -0.05) is 11.6 Å². The second-order valence-electron chi connectivity index (χ2n) is 3.67. The van der Waals surface area contributed by atoms with Crippen LogP contribution in [0.1, 0.15) is 12.8 Å². The summed E-state index contributed by atoms with van der Waals surface area (Å²) in [6, 6.07) is 7.40. The Hall–Kier alpha value is -1.22. The van der Waals surface area contributed by atoms with Gasteiger partial charge in [0, 0.05) is 23.8 Å². The van der Waals surface area contributed by atoms with Crippen molar-refractivity contribution in [3.05, 3.63) is 29.3 Å². The van der Waals surface area contributed by atoms with E-state index in [4.69, 9.17) is 17.0 Å². The highest BCUT2D eigenvalue weighted by atomic mass is 35.5. The van der Waals surface area contributed by atoms with E-state index in [-0.39, 0.29) is 0 Å². The van der Waals surface area contributed by atoms with E-state index in [1.54, 1.807) is 0 Å². The standard InChI is InChI=1S/C11H14ClN3/c12-9-3-5-10(6-4-9)14-11(13)15-7-1-2-8-15/h3-6H,1-2,7-8H2,(H2,13,14). The van der Waals surface area contributed by atoms with Crippen molar-refractivity contribution in [1.29, 1.82) is 5.41 Å². The van der Waals surface area contributed by atoms with E-state index in [2.05, 4.69) is 10.2 Å². The molecule has 80 valence electrons. The van der Waals surface area contributed by atoms with E-state index in [1.807, 2.05) is 24.3 Å². The maximum Gasteiger partial charge on any atom is 0.195 e. The maximum absolute atomic E-state index is 7.86. The molecule has 1 aliphatic heterocycles. The molecule has 1 aliphatic rings. The molecule has 1 saturated heterocycles. The zero-order valence-corrected chi connectivity index (χ0v) is 9.22. The van der Waals surface area contributed by atoms with Crippen molar-refractivity contribution in [2.45, 2.75) is 12.8 Å². The lowest BCUT2D eigenvalue weighted by molar-refractivity contribution is 0.514. The van der Waals surface area contributed by atoms with Crippen LogP contribution in [0.4, 0.5) is 5.69 Å². The quantitative estimate of drug-likeness (QED) is 0.568. The average molecular weight is 224 g/mol. The Balaban J connectivity index is 1.96. The van der Waals surface area contributed by atoms with Gasteiger partial charge in [0.1, 0.15) is 0 Å². The van der Waals surface area contributed by atoms with Gasteiger partial charge in [0.2, 0.25) is 0 Å². The molecule has 0 aliphatic carbocycles. The molecular weight excluding hydrogens is 210 g/mol. The number of likely N-dealkylation sites (tertiary alicyclic amines) is 1. The van der Waals surface area contributed by atoms with Crippen LogP contribution in [0.15, 0.2) is 24.3 Å². The smallest absolute Gasteiger partial charge is 0.195 e. The zero-order valence-electron chi connectivity index (χ0n) is 8.46. The zero-order chi connectivity index (χ0) is 10.7. The second kappa shape index (κ2) is 4.53. The number of nitrogens with zero attached hydrogens (tertiary/aromatic N) is 1. The van der Waals surface area contributed by atoms with E-state index in [9.17, 15) is 0 Å². The predicted molar refractivity (Wildman–Crippen MR) is 63.6 cm³/mol. The first-order valence-electron chi connectivity index (χ1n) is 5.12. The Labute approximate surface area is 94.5 Å². The molecule has 1 aromatic rings. The molecule has 0 atom stereocenters. The van der Waals surface area contributed by atoms with Gasteiger partial charge in [0.15, 0.2) is 5.96 Å². The molecule has 2 N–H and O–H groups in total. The highest BCUT2D eigenvalue weighted by Gasteiger charge is 2.14. The number of nitrogens with one attached hydrogen (secondary N) is 2. The third kappa shape index (κ3) is 2.63. The lowest BCUT2D eigenvalue weighted by Crippen LogP contribution is -2.32. The second-order valence-corrected chi connectivity index (χ2v) is 4.11. The van der Waals surface area contributed by atoms with Crippen LogP contribution >= 0.6 is 11.6 Å². The molecule has 2 rings (SSSR count). The van der Waals surface area contributed by atoms with E-state index < -0.39 is 0 Å². The van der Waals surface area contributed by atoms with Gasteiger partial charge in [0.05, 0.1) is 0 Å². The molecule has 4 heteroatoms. The first-order valence-corrected chi connectivity index (χ1v) is 5.49. The first kappa shape index (κ1) is 10.3. The summed E-state index contributed by atoms with van der Waals surface area (Å²) in [7, 11) is 0. The number of anilines is 1. The van der Waals surface area contributed by atoms with Crippen LogP contribution < -0.4 is 5.32 Å². The van der Waals surface area contributed by atoms with Crippen molar-refractivity contribution in [1.82, 2.24) is 4.90 Å². The molecule has 0 amide bonds. The van der Waals surface area contributed by atoms with Crippen molar-refractivity contribution in [3.63, 3.8) is 0 Å². The van der Waals surface area contributed by atoms with Gasteiger partial charge in [-0.2, -0.15) is 0 Å². The third-order valence-electron chi connectivity index (χ3n) is 2.53. The fourth-order valence-electron chi connectivity index (χ4n) is 1.69. The fourth-order valence-corrected chi connectivity index (χ4v) is 1.82. The number of guanidine groups is 1. The topological polar surface area (TPSA) is 39.1 Å². The highest BCUT2D eigenvalue weighted by Crippen LogP contribution is 2.15. The number of hydrogen-bond donors (Lipinski definition) is 2. The lowest BCUT2D eigenvalue weighted by Gasteiger charge is -2.19. The molecular formula is C11H14ClN3. The van der Waals surface area contributed by atoms with Crippen LogP contribution in [0.25, 0.3) is 0 Å². The van der Waals surface area contributed by atoms with Crippen LogP contribution in [0.5, 0.6) is 0 Å². The normalized spacial score (nSPS) is 15.4. The largest absolute Gasteiger partial charge is 0.343 e. The molecule has 3 nitrogen and oxygen atoms in total. The van der Waals surface area contributed by atoms with Crippen molar-refractivity contribution in [2.75, 3.05) is 18.4 Å².